The molecule has 0 saturated heterocycles. The van der Waals surface area contributed by atoms with Crippen molar-refractivity contribution in [3.8, 4) is 23.0 Å². The molecule has 0 saturated carbocycles. The fraction of sp³-hybridized carbons (Fsp3) is 0.316. The second-order valence-corrected chi connectivity index (χ2v) is 5.94. The second kappa shape index (κ2) is 6.20. The van der Waals surface area contributed by atoms with Crippen molar-refractivity contribution in [1.82, 2.24) is 0 Å². The van der Waals surface area contributed by atoms with Crippen LogP contribution < -0.4 is 24.3 Å². The van der Waals surface area contributed by atoms with Crippen molar-refractivity contribution in [3.63, 3.8) is 0 Å². The highest BCUT2D eigenvalue weighted by Crippen LogP contribution is 2.45. The zero-order chi connectivity index (χ0) is 17.4. The van der Waals surface area contributed by atoms with Gasteiger partial charge in [0.2, 0.25) is 12.7 Å². The number of hydrogen-bond acceptors (Lipinski definition) is 5. The highest BCUT2D eigenvalue weighted by atomic mass is 16.7. The topological polar surface area (TPSA) is 66.0 Å². The molecule has 1 atom stereocenters. The van der Waals surface area contributed by atoms with E-state index in [0.29, 0.717) is 36.0 Å². The summed E-state index contributed by atoms with van der Waals surface area (Å²) in [6, 6.07) is 9.57. The Labute approximate surface area is 145 Å². The van der Waals surface area contributed by atoms with Gasteiger partial charge in [0.25, 0.3) is 0 Å². The number of benzene rings is 2. The van der Waals surface area contributed by atoms with Gasteiger partial charge in [0.1, 0.15) is 0 Å². The van der Waals surface area contributed by atoms with Gasteiger partial charge in [-0.25, -0.2) is 0 Å². The van der Waals surface area contributed by atoms with E-state index in [2.05, 4.69) is 5.32 Å². The minimum atomic E-state index is -0.0807. The quantitative estimate of drug-likeness (QED) is 0.924. The maximum Gasteiger partial charge on any atom is 0.231 e. The molecule has 0 spiro atoms. The standard InChI is InChI=1S/C19H19NO5/c1-3-23-15-5-4-11(6-16(15)22-2)12-8-19(21)20-14-9-18-17(7-13(12)14)24-10-25-18/h4-7,9,12H,3,8,10H2,1-2H3,(H,20,21)/t12-/m1/s1. The van der Waals surface area contributed by atoms with E-state index in [4.69, 9.17) is 18.9 Å². The summed E-state index contributed by atoms with van der Waals surface area (Å²) in [4.78, 5) is 12.2. The van der Waals surface area contributed by atoms with Crippen molar-refractivity contribution in [1.29, 1.82) is 0 Å². The Balaban J connectivity index is 1.77. The lowest BCUT2D eigenvalue weighted by molar-refractivity contribution is -0.116. The summed E-state index contributed by atoms with van der Waals surface area (Å²) in [5.74, 6) is 2.61. The molecule has 6 nitrogen and oxygen atoms in total. The molecule has 4 rings (SSSR count). The Morgan fingerprint density at radius 3 is 2.72 bits per heavy atom. The van der Waals surface area contributed by atoms with E-state index < -0.39 is 0 Å². The van der Waals surface area contributed by atoms with Crippen molar-refractivity contribution in [2.24, 2.45) is 0 Å². The van der Waals surface area contributed by atoms with Crippen molar-refractivity contribution < 1.29 is 23.7 Å². The van der Waals surface area contributed by atoms with E-state index >= 15 is 0 Å². The number of hydrogen-bond donors (Lipinski definition) is 1. The summed E-state index contributed by atoms with van der Waals surface area (Å²) in [7, 11) is 1.61. The lowest BCUT2D eigenvalue weighted by Gasteiger charge is -2.27. The van der Waals surface area contributed by atoms with Crippen molar-refractivity contribution in [3.05, 3.63) is 41.5 Å². The Bertz CT molecular complexity index is 833. The van der Waals surface area contributed by atoms with E-state index in [1.165, 1.54) is 0 Å². The first kappa shape index (κ1) is 15.6. The van der Waals surface area contributed by atoms with E-state index in [0.717, 1.165) is 16.8 Å². The molecule has 2 aliphatic heterocycles. The Kier molecular flexibility index (Phi) is 3.87. The highest BCUT2D eigenvalue weighted by molar-refractivity contribution is 5.96. The van der Waals surface area contributed by atoms with Crippen LogP contribution in [0, 0.1) is 0 Å². The minimum absolute atomic E-state index is 0.0239. The maximum absolute atomic E-state index is 12.2. The molecule has 0 unspecified atom stereocenters. The second-order valence-electron chi connectivity index (χ2n) is 5.94. The van der Waals surface area contributed by atoms with Crippen LogP contribution in [0.15, 0.2) is 30.3 Å². The minimum Gasteiger partial charge on any atom is -0.493 e. The van der Waals surface area contributed by atoms with Gasteiger partial charge in [0.05, 0.1) is 13.7 Å². The number of ether oxygens (including phenoxy) is 4. The van der Waals surface area contributed by atoms with Crippen LogP contribution in [0.2, 0.25) is 0 Å². The third kappa shape index (κ3) is 2.73. The number of amides is 1. The van der Waals surface area contributed by atoms with Crippen LogP contribution in [-0.2, 0) is 4.79 Å². The van der Waals surface area contributed by atoms with Crippen LogP contribution in [0.5, 0.6) is 23.0 Å². The molecule has 130 valence electrons. The van der Waals surface area contributed by atoms with Crippen molar-refractivity contribution in [2.75, 3.05) is 25.8 Å². The summed E-state index contributed by atoms with van der Waals surface area (Å²) in [5.41, 5.74) is 2.77. The van der Waals surface area contributed by atoms with Gasteiger partial charge in [-0.2, -0.15) is 0 Å². The van der Waals surface area contributed by atoms with Gasteiger partial charge in [-0.3, -0.25) is 4.79 Å². The number of carbonyl (C=O) groups is 1. The van der Waals surface area contributed by atoms with Gasteiger partial charge >= 0.3 is 0 Å². The Morgan fingerprint density at radius 2 is 1.96 bits per heavy atom. The summed E-state index contributed by atoms with van der Waals surface area (Å²) < 4.78 is 21.9. The first-order valence-electron chi connectivity index (χ1n) is 8.23. The van der Waals surface area contributed by atoms with E-state index in [9.17, 15) is 4.79 Å². The van der Waals surface area contributed by atoms with Gasteiger partial charge in [-0.1, -0.05) is 6.07 Å². The Morgan fingerprint density at radius 1 is 1.16 bits per heavy atom. The molecule has 0 aliphatic carbocycles. The number of methoxy groups -OCH3 is 1. The molecule has 2 aromatic carbocycles. The summed E-state index contributed by atoms with van der Waals surface area (Å²) in [6.45, 7) is 2.69. The number of fused-ring (bicyclic) bond motifs is 2. The number of carbonyl (C=O) groups excluding carboxylic acids is 1. The molecule has 25 heavy (non-hydrogen) atoms. The lowest BCUT2D eigenvalue weighted by atomic mass is 9.84. The van der Waals surface area contributed by atoms with Crippen LogP contribution >= 0.6 is 0 Å². The van der Waals surface area contributed by atoms with Gasteiger partial charge in [-0.15, -0.1) is 0 Å². The first-order valence-corrected chi connectivity index (χ1v) is 8.23. The molecule has 1 amide bonds. The lowest BCUT2D eigenvalue weighted by Crippen LogP contribution is -2.23. The van der Waals surface area contributed by atoms with Crippen LogP contribution in [0.4, 0.5) is 5.69 Å². The number of anilines is 1. The predicted molar refractivity (Wildman–Crippen MR) is 91.8 cm³/mol. The average Bonchev–Trinajstić information content (AvgIpc) is 3.07. The van der Waals surface area contributed by atoms with Crippen LogP contribution in [0.25, 0.3) is 0 Å². The van der Waals surface area contributed by atoms with E-state index in [1.54, 1.807) is 7.11 Å². The molecule has 1 N–H and O–H groups in total. The fourth-order valence-corrected chi connectivity index (χ4v) is 3.32. The fourth-order valence-electron chi connectivity index (χ4n) is 3.32. The predicted octanol–water partition coefficient (Wildman–Crippen LogP) is 3.30. The van der Waals surface area contributed by atoms with E-state index in [-0.39, 0.29) is 18.6 Å². The monoisotopic (exact) mass is 341 g/mol. The van der Waals surface area contributed by atoms with Crippen LogP contribution in [-0.4, -0.2) is 26.4 Å². The zero-order valence-corrected chi connectivity index (χ0v) is 14.1. The normalized spacial score (nSPS) is 17.7. The van der Waals surface area contributed by atoms with Gasteiger partial charge < -0.3 is 24.3 Å². The van der Waals surface area contributed by atoms with Gasteiger partial charge in [-0.05, 0) is 36.2 Å². The Hall–Kier alpha value is -2.89. The molecule has 6 heteroatoms. The summed E-state index contributed by atoms with van der Waals surface area (Å²) in [5, 5.41) is 2.92. The molecule has 2 aliphatic rings. The SMILES string of the molecule is CCOc1ccc([C@H]2CC(=O)Nc3cc4c(cc32)OCO4)cc1OC. The zero-order valence-electron chi connectivity index (χ0n) is 14.1. The van der Waals surface area contributed by atoms with Crippen molar-refractivity contribution in [2.45, 2.75) is 19.3 Å². The number of nitrogens with one attached hydrogen (secondary N) is 1. The smallest absolute Gasteiger partial charge is 0.231 e. The molecule has 0 aromatic heterocycles. The molecular formula is C19H19NO5. The van der Waals surface area contributed by atoms with Crippen LogP contribution in [0.3, 0.4) is 0 Å². The third-order valence-corrected chi connectivity index (χ3v) is 4.47. The number of rotatable bonds is 4. The van der Waals surface area contributed by atoms with Gasteiger partial charge in [0.15, 0.2) is 23.0 Å². The van der Waals surface area contributed by atoms with Gasteiger partial charge in [0, 0.05) is 24.1 Å². The molecule has 2 aromatic rings. The average molecular weight is 341 g/mol. The molecule has 0 radical (unpaired) electrons. The molecular weight excluding hydrogens is 322 g/mol. The maximum atomic E-state index is 12.2. The largest absolute Gasteiger partial charge is 0.493 e. The van der Waals surface area contributed by atoms with Crippen molar-refractivity contribution >= 4 is 11.6 Å². The third-order valence-electron chi connectivity index (χ3n) is 4.47. The highest BCUT2D eigenvalue weighted by Gasteiger charge is 2.30. The first-order chi connectivity index (χ1) is 12.2. The molecule has 0 bridgehead atoms. The van der Waals surface area contributed by atoms with Crippen LogP contribution in [0.1, 0.15) is 30.4 Å². The molecule has 2 heterocycles. The summed E-state index contributed by atoms with van der Waals surface area (Å²) in [6.07, 6.45) is 0.365. The summed E-state index contributed by atoms with van der Waals surface area (Å²) >= 11 is 0. The molecule has 0 fully saturated rings. The van der Waals surface area contributed by atoms with E-state index in [1.807, 2.05) is 37.3 Å².